The molecular formula is C23H25F2N5O3. The fourth-order valence-corrected chi connectivity index (χ4v) is 3.75. The van der Waals surface area contributed by atoms with Crippen molar-refractivity contribution in [3.05, 3.63) is 53.7 Å². The first-order chi connectivity index (χ1) is 16.0. The predicted molar refractivity (Wildman–Crippen MR) is 122 cm³/mol. The third kappa shape index (κ3) is 5.12. The molecule has 174 valence electrons. The van der Waals surface area contributed by atoms with Crippen LogP contribution in [0, 0.1) is 11.6 Å². The smallest absolute Gasteiger partial charge is 0.252 e. The largest absolute Gasteiger partial charge is 0.495 e. The molecule has 1 aliphatic heterocycles. The minimum atomic E-state index is -0.798. The second-order valence-corrected chi connectivity index (χ2v) is 7.61. The van der Waals surface area contributed by atoms with Crippen LogP contribution in [-0.2, 0) is 4.74 Å². The summed E-state index contributed by atoms with van der Waals surface area (Å²) in [6.07, 6.45) is 1.32. The summed E-state index contributed by atoms with van der Waals surface area (Å²) in [4.78, 5) is 18.7. The number of nitrogens with two attached hydrogens (primary N) is 1. The van der Waals surface area contributed by atoms with Crippen LogP contribution < -0.4 is 21.1 Å². The van der Waals surface area contributed by atoms with E-state index in [0.717, 1.165) is 45.0 Å². The average Bonchev–Trinajstić information content (AvgIpc) is 2.81. The number of anilines is 3. The Kier molecular flexibility index (Phi) is 6.85. The molecule has 33 heavy (non-hydrogen) atoms. The molecule has 0 aliphatic carbocycles. The molecular weight excluding hydrogens is 432 g/mol. The maximum Gasteiger partial charge on any atom is 0.252 e. The lowest BCUT2D eigenvalue weighted by molar-refractivity contribution is 0.0398. The number of amides is 1. The number of hydrogen-bond acceptors (Lipinski definition) is 7. The van der Waals surface area contributed by atoms with Crippen LogP contribution in [0.5, 0.6) is 5.75 Å². The number of methoxy groups -OCH3 is 1. The number of pyridine rings is 1. The van der Waals surface area contributed by atoms with E-state index in [1.54, 1.807) is 19.2 Å². The third-order valence-corrected chi connectivity index (χ3v) is 5.49. The summed E-state index contributed by atoms with van der Waals surface area (Å²) in [7, 11) is 1.55. The number of hydrogen-bond donors (Lipinski definition) is 3. The van der Waals surface area contributed by atoms with Crippen molar-refractivity contribution < 1.29 is 23.0 Å². The van der Waals surface area contributed by atoms with E-state index in [1.807, 2.05) is 0 Å². The Labute approximate surface area is 189 Å². The van der Waals surface area contributed by atoms with Gasteiger partial charge in [0, 0.05) is 49.9 Å². The van der Waals surface area contributed by atoms with E-state index in [0.29, 0.717) is 28.9 Å². The van der Waals surface area contributed by atoms with Gasteiger partial charge in [0.15, 0.2) is 0 Å². The van der Waals surface area contributed by atoms with Crippen LogP contribution in [0.25, 0.3) is 10.9 Å². The number of primary amides is 1. The van der Waals surface area contributed by atoms with Gasteiger partial charge in [0.25, 0.3) is 5.91 Å². The number of benzene rings is 2. The lowest BCUT2D eigenvalue weighted by Gasteiger charge is -2.26. The molecule has 0 atom stereocenters. The van der Waals surface area contributed by atoms with Gasteiger partial charge in [-0.3, -0.25) is 14.7 Å². The number of carbonyl (C=O) groups excluding carboxylic acids is 1. The van der Waals surface area contributed by atoms with Crippen LogP contribution in [0.3, 0.4) is 0 Å². The zero-order chi connectivity index (χ0) is 23.4. The van der Waals surface area contributed by atoms with Gasteiger partial charge in [-0.25, -0.2) is 8.78 Å². The number of rotatable bonds is 8. The number of halogens is 2. The highest BCUT2D eigenvalue weighted by atomic mass is 19.1. The fourth-order valence-electron chi connectivity index (χ4n) is 3.75. The summed E-state index contributed by atoms with van der Waals surface area (Å²) in [5.74, 6) is -1.66. The quantitative estimate of drug-likeness (QED) is 0.478. The Balaban J connectivity index is 1.70. The lowest BCUT2D eigenvalue weighted by Crippen LogP contribution is -2.39. The van der Waals surface area contributed by atoms with Gasteiger partial charge in [0.1, 0.15) is 17.4 Å². The van der Waals surface area contributed by atoms with Crippen molar-refractivity contribution in [3.8, 4) is 5.75 Å². The standard InChI is InChI=1S/C23H25F2N5O3/c1-32-21-12-19-15(11-20(21)27-4-5-30-6-8-33-9-7-30)22(16(13-28-19)23(26)31)29-18-3-2-14(24)10-17(18)25/h2-3,10-13,27H,4-9H2,1H3,(H2,26,31)(H,28,29). The molecule has 1 aromatic heterocycles. The molecule has 0 bridgehead atoms. The van der Waals surface area contributed by atoms with E-state index in [9.17, 15) is 13.6 Å². The highest BCUT2D eigenvalue weighted by Gasteiger charge is 2.18. The highest BCUT2D eigenvalue weighted by Crippen LogP contribution is 2.36. The number of ether oxygens (including phenoxy) is 2. The molecule has 4 rings (SSSR count). The Bertz CT molecular complexity index is 1170. The molecule has 3 aromatic rings. The summed E-state index contributed by atoms with van der Waals surface area (Å²) in [6.45, 7) is 4.65. The second-order valence-electron chi connectivity index (χ2n) is 7.61. The number of nitrogens with one attached hydrogen (secondary N) is 2. The summed E-state index contributed by atoms with van der Waals surface area (Å²) in [6, 6.07) is 6.64. The highest BCUT2D eigenvalue weighted by molar-refractivity contribution is 6.08. The van der Waals surface area contributed by atoms with Crippen molar-refractivity contribution >= 4 is 33.9 Å². The molecule has 0 saturated carbocycles. The van der Waals surface area contributed by atoms with E-state index >= 15 is 0 Å². The lowest BCUT2D eigenvalue weighted by atomic mass is 10.1. The molecule has 0 radical (unpaired) electrons. The molecule has 2 aromatic carbocycles. The molecule has 2 heterocycles. The van der Waals surface area contributed by atoms with Crippen LogP contribution in [-0.4, -0.2) is 62.3 Å². The van der Waals surface area contributed by atoms with Gasteiger partial charge in [-0.2, -0.15) is 0 Å². The molecule has 0 spiro atoms. The first-order valence-electron chi connectivity index (χ1n) is 10.5. The van der Waals surface area contributed by atoms with E-state index < -0.39 is 17.5 Å². The summed E-state index contributed by atoms with van der Waals surface area (Å²) in [5.41, 5.74) is 7.11. The van der Waals surface area contributed by atoms with Crippen molar-refractivity contribution in [2.45, 2.75) is 0 Å². The molecule has 1 fully saturated rings. The first kappa shape index (κ1) is 22.7. The average molecular weight is 457 g/mol. The van der Waals surface area contributed by atoms with Crippen molar-refractivity contribution in [2.75, 3.05) is 57.1 Å². The van der Waals surface area contributed by atoms with Gasteiger partial charge in [0.2, 0.25) is 0 Å². The van der Waals surface area contributed by atoms with Gasteiger partial charge in [0.05, 0.1) is 48.5 Å². The van der Waals surface area contributed by atoms with E-state index in [-0.39, 0.29) is 16.9 Å². The maximum atomic E-state index is 14.3. The molecule has 1 saturated heterocycles. The fraction of sp³-hybridized carbons (Fsp3) is 0.304. The Morgan fingerprint density at radius 2 is 2.00 bits per heavy atom. The topological polar surface area (TPSA) is 102 Å². The van der Waals surface area contributed by atoms with Crippen LogP contribution in [0.15, 0.2) is 36.5 Å². The molecule has 0 unspecified atom stereocenters. The predicted octanol–water partition coefficient (Wildman–Crippen LogP) is 3.11. The van der Waals surface area contributed by atoms with Gasteiger partial charge in [-0.15, -0.1) is 0 Å². The molecule has 1 amide bonds. The zero-order valence-electron chi connectivity index (χ0n) is 18.2. The monoisotopic (exact) mass is 457 g/mol. The normalized spacial score (nSPS) is 14.3. The summed E-state index contributed by atoms with van der Waals surface area (Å²) in [5, 5.41) is 6.78. The van der Waals surface area contributed by atoms with Crippen molar-refractivity contribution in [2.24, 2.45) is 5.73 Å². The number of nitrogens with zero attached hydrogens (tertiary/aromatic N) is 2. The Hall–Kier alpha value is -3.50. The number of aromatic nitrogens is 1. The van der Waals surface area contributed by atoms with Crippen molar-refractivity contribution in [3.63, 3.8) is 0 Å². The Morgan fingerprint density at radius 1 is 1.21 bits per heavy atom. The zero-order valence-corrected chi connectivity index (χ0v) is 18.2. The summed E-state index contributed by atoms with van der Waals surface area (Å²) >= 11 is 0. The van der Waals surface area contributed by atoms with Crippen LogP contribution in [0.4, 0.5) is 25.8 Å². The second kappa shape index (κ2) is 9.97. The number of morpholine rings is 1. The van der Waals surface area contributed by atoms with Crippen LogP contribution >= 0.6 is 0 Å². The van der Waals surface area contributed by atoms with Gasteiger partial charge >= 0.3 is 0 Å². The third-order valence-electron chi connectivity index (χ3n) is 5.49. The van der Waals surface area contributed by atoms with Crippen molar-refractivity contribution in [1.82, 2.24) is 9.88 Å². The maximum absolute atomic E-state index is 14.3. The van der Waals surface area contributed by atoms with Crippen LogP contribution in [0.1, 0.15) is 10.4 Å². The Morgan fingerprint density at radius 3 is 2.70 bits per heavy atom. The van der Waals surface area contributed by atoms with E-state index in [2.05, 4.69) is 20.5 Å². The first-order valence-corrected chi connectivity index (χ1v) is 10.5. The molecule has 1 aliphatic rings. The van der Waals surface area contributed by atoms with Gasteiger partial charge < -0.3 is 25.8 Å². The van der Waals surface area contributed by atoms with Crippen LogP contribution in [0.2, 0.25) is 0 Å². The van der Waals surface area contributed by atoms with Crippen molar-refractivity contribution in [1.29, 1.82) is 0 Å². The number of carbonyl (C=O) groups is 1. The number of fused-ring (bicyclic) bond motifs is 1. The molecule has 8 nitrogen and oxygen atoms in total. The molecule has 10 heteroatoms. The minimum absolute atomic E-state index is 0.00375. The minimum Gasteiger partial charge on any atom is -0.495 e. The molecule has 4 N–H and O–H groups in total. The SMILES string of the molecule is COc1cc2ncc(C(N)=O)c(Nc3ccc(F)cc3F)c2cc1NCCN1CCOCC1. The summed E-state index contributed by atoms with van der Waals surface area (Å²) < 4.78 is 38.6. The van der Waals surface area contributed by atoms with E-state index in [1.165, 1.54) is 12.3 Å². The van der Waals surface area contributed by atoms with Gasteiger partial charge in [-0.05, 0) is 18.2 Å². The van der Waals surface area contributed by atoms with E-state index in [4.69, 9.17) is 15.2 Å². The van der Waals surface area contributed by atoms with Gasteiger partial charge in [-0.1, -0.05) is 0 Å².